The Balaban J connectivity index is 2.28. The lowest BCUT2D eigenvalue weighted by Gasteiger charge is -2.20. The number of methoxy groups -OCH3 is 2. The fourth-order valence-corrected chi connectivity index (χ4v) is 2.46. The highest BCUT2D eigenvalue weighted by molar-refractivity contribution is 6.43. The molecule has 0 saturated heterocycles. The van der Waals surface area contributed by atoms with Crippen LogP contribution in [0.25, 0.3) is 0 Å². The molecule has 0 saturated carbocycles. The summed E-state index contributed by atoms with van der Waals surface area (Å²) in [5.41, 5.74) is 1.80. The topological polar surface area (TPSA) is 30.5 Å². The van der Waals surface area contributed by atoms with E-state index >= 15 is 0 Å². The summed E-state index contributed by atoms with van der Waals surface area (Å²) in [5, 5.41) is 4.38. The van der Waals surface area contributed by atoms with Crippen LogP contribution in [0.1, 0.15) is 18.5 Å². The van der Waals surface area contributed by atoms with E-state index in [-0.39, 0.29) is 6.04 Å². The second kappa shape index (κ2) is 6.92. The molecule has 0 amide bonds. The number of hydrogen-bond donors (Lipinski definition) is 1. The fraction of sp³-hybridized carbons (Fsp3) is 0.250. The third-order valence-corrected chi connectivity index (χ3v) is 4.05. The van der Waals surface area contributed by atoms with E-state index in [0.29, 0.717) is 10.0 Å². The standard InChI is InChI=1S/C16H17Cl2NO2/c1-10(19-14-6-4-5-13(17)16(14)18)12-8-7-11(20-2)9-15(12)21-3/h4-10,19H,1-3H3. The predicted octanol–water partition coefficient (Wildman–Crippen LogP) is 5.18. The summed E-state index contributed by atoms with van der Waals surface area (Å²) >= 11 is 12.2. The number of benzene rings is 2. The molecule has 0 radical (unpaired) electrons. The number of ether oxygens (including phenoxy) is 2. The van der Waals surface area contributed by atoms with Crippen molar-refractivity contribution in [3.8, 4) is 11.5 Å². The average Bonchev–Trinajstić information content (AvgIpc) is 2.51. The summed E-state index contributed by atoms with van der Waals surface area (Å²) in [6.07, 6.45) is 0. The molecule has 1 atom stereocenters. The molecule has 0 heterocycles. The van der Waals surface area contributed by atoms with Crippen molar-refractivity contribution in [2.45, 2.75) is 13.0 Å². The third kappa shape index (κ3) is 3.55. The van der Waals surface area contributed by atoms with Crippen molar-refractivity contribution in [2.75, 3.05) is 19.5 Å². The Morgan fingerprint density at radius 2 is 1.81 bits per heavy atom. The van der Waals surface area contributed by atoms with Crippen LogP contribution in [-0.4, -0.2) is 14.2 Å². The lowest BCUT2D eigenvalue weighted by Crippen LogP contribution is -2.08. The Bertz CT molecular complexity index is 632. The van der Waals surface area contributed by atoms with Gasteiger partial charge in [-0.25, -0.2) is 0 Å². The van der Waals surface area contributed by atoms with Crippen LogP contribution in [-0.2, 0) is 0 Å². The van der Waals surface area contributed by atoms with Gasteiger partial charge in [-0.1, -0.05) is 29.3 Å². The van der Waals surface area contributed by atoms with Crippen molar-refractivity contribution in [1.29, 1.82) is 0 Å². The third-order valence-electron chi connectivity index (χ3n) is 3.23. The Morgan fingerprint density at radius 3 is 2.48 bits per heavy atom. The Morgan fingerprint density at radius 1 is 1.05 bits per heavy atom. The van der Waals surface area contributed by atoms with Crippen LogP contribution < -0.4 is 14.8 Å². The Labute approximate surface area is 134 Å². The highest BCUT2D eigenvalue weighted by Gasteiger charge is 2.14. The van der Waals surface area contributed by atoms with Crippen LogP contribution in [0.3, 0.4) is 0 Å². The number of anilines is 1. The van der Waals surface area contributed by atoms with Gasteiger partial charge in [0.2, 0.25) is 0 Å². The van der Waals surface area contributed by atoms with E-state index in [0.717, 1.165) is 22.7 Å². The summed E-state index contributed by atoms with van der Waals surface area (Å²) in [6.45, 7) is 2.03. The van der Waals surface area contributed by atoms with Crippen LogP contribution in [0, 0.1) is 0 Å². The molecule has 2 aromatic rings. The molecule has 0 aromatic heterocycles. The van der Waals surface area contributed by atoms with E-state index in [2.05, 4.69) is 5.32 Å². The Hall–Kier alpha value is -1.58. The maximum absolute atomic E-state index is 6.20. The van der Waals surface area contributed by atoms with Crippen molar-refractivity contribution in [3.05, 3.63) is 52.0 Å². The van der Waals surface area contributed by atoms with Gasteiger partial charge in [0.1, 0.15) is 11.5 Å². The van der Waals surface area contributed by atoms with Gasteiger partial charge in [-0.3, -0.25) is 0 Å². The molecule has 0 aliphatic heterocycles. The zero-order valence-corrected chi connectivity index (χ0v) is 13.6. The van der Waals surface area contributed by atoms with Crippen LogP contribution in [0.5, 0.6) is 11.5 Å². The predicted molar refractivity (Wildman–Crippen MR) is 88.0 cm³/mol. The molecule has 0 aliphatic carbocycles. The van der Waals surface area contributed by atoms with Crippen LogP contribution in [0.2, 0.25) is 10.0 Å². The van der Waals surface area contributed by atoms with E-state index in [1.54, 1.807) is 20.3 Å². The first-order valence-corrected chi connectivity index (χ1v) is 7.25. The highest BCUT2D eigenvalue weighted by atomic mass is 35.5. The van der Waals surface area contributed by atoms with Gasteiger partial charge in [-0.2, -0.15) is 0 Å². The summed E-state index contributed by atoms with van der Waals surface area (Å²) in [4.78, 5) is 0. The largest absolute Gasteiger partial charge is 0.497 e. The molecule has 2 rings (SSSR count). The molecule has 5 heteroatoms. The molecule has 3 nitrogen and oxygen atoms in total. The highest BCUT2D eigenvalue weighted by Crippen LogP contribution is 2.35. The molecule has 1 unspecified atom stereocenters. The van der Waals surface area contributed by atoms with Gasteiger partial charge in [0.15, 0.2) is 0 Å². The minimum atomic E-state index is 0.00169. The summed E-state index contributed by atoms with van der Waals surface area (Å²) < 4.78 is 10.6. The van der Waals surface area contributed by atoms with Crippen LogP contribution in [0.15, 0.2) is 36.4 Å². The molecule has 112 valence electrons. The van der Waals surface area contributed by atoms with Gasteiger partial charge in [0.05, 0.1) is 36.0 Å². The lowest BCUT2D eigenvalue weighted by molar-refractivity contribution is 0.390. The zero-order chi connectivity index (χ0) is 15.4. The van der Waals surface area contributed by atoms with Crippen LogP contribution >= 0.6 is 23.2 Å². The lowest BCUT2D eigenvalue weighted by atomic mass is 10.1. The fourth-order valence-electron chi connectivity index (χ4n) is 2.10. The minimum Gasteiger partial charge on any atom is -0.497 e. The average molecular weight is 326 g/mol. The van der Waals surface area contributed by atoms with E-state index in [4.69, 9.17) is 32.7 Å². The summed E-state index contributed by atoms with van der Waals surface area (Å²) in [7, 11) is 3.26. The number of halogens is 2. The smallest absolute Gasteiger partial charge is 0.127 e. The van der Waals surface area contributed by atoms with E-state index < -0.39 is 0 Å². The monoisotopic (exact) mass is 325 g/mol. The normalized spacial score (nSPS) is 11.9. The number of hydrogen-bond acceptors (Lipinski definition) is 3. The van der Waals surface area contributed by atoms with Crippen LogP contribution in [0.4, 0.5) is 5.69 Å². The van der Waals surface area contributed by atoms with Crippen molar-refractivity contribution in [1.82, 2.24) is 0 Å². The van der Waals surface area contributed by atoms with Gasteiger partial charge in [-0.15, -0.1) is 0 Å². The van der Waals surface area contributed by atoms with Gasteiger partial charge < -0.3 is 14.8 Å². The molecule has 0 fully saturated rings. The molecule has 21 heavy (non-hydrogen) atoms. The van der Waals surface area contributed by atoms with E-state index in [1.165, 1.54) is 0 Å². The number of rotatable bonds is 5. The van der Waals surface area contributed by atoms with Gasteiger partial charge >= 0.3 is 0 Å². The van der Waals surface area contributed by atoms with Gasteiger partial charge in [0.25, 0.3) is 0 Å². The van der Waals surface area contributed by atoms with Gasteiger partial charge in [0, 0.05) is 11.6 Å². The molecule has 1 N–H and O–H groups in total. The van der Waals surface area contributed by atoms with Crippen molar-refractivity contribution < 1.29 is 9.47 Å². The van der Waals surface area contributed by atoms with Gasteiger partial charge in [-0.05, 0) is 31.2 Å². The first-order chi connectivity index (χ1) is 10.1. The Kier molecular flexibility index (Phi) is 5.21. The minimum absolute atomic E-state index is 0.00169. The first kappa shape index (κ1) is 15.8. The molecule has 0 bridgehead atoms. The maximum atomic E-state index is 6.20. The zero-order valence-electron chi connectivity index (χ0n) is 12.1. The second-order valence-corrected chi connectivity index (χ2v) is 5.36. The maximum Gasteiger partial charge on any atom is 0.127 e. The summed E-state index contributed by atoms with van der Waals surface area (Å²) in [6, 6.07) is 11.2. The van der Waals surface area contributed by atoms with E-state index in [9.17, 15) is 0 Å². The van der Waals surface area contributed by atoms with Crippen molar-refractivity contribution >= 4 is 28.9 Å². The first-order valence-electron chi connectivity index (χ1n) is 6.49. The van der Waals surface area contributed by atoms with Crippen molar-refractivity contribution in [2.24, 2.45) is 0 Å². The van der Waals surface area contributed by atoms with Crippen molar-refractivity contribution in [3.63, 3.8) is 0 Å². The molecular formula is C16H17Cl2NO2. The molecule has 2 aromatic carbocycles. The van der Waals surface area contributed by atoms with E-state index in [1.807, 2.05) is 37.3 Å². The number of nitrogens with one attached hydrogen (secondary N) is 1. The molecule has 0 spiro atoms. The second-order valence-electron chi connectivity index (χ2n) is 4.58. The molecular weight excluding hydrogens is 309 g/mol. The SMILES string of the molecule is COc1ccc(C(C)Nc2cccc(Cl)c2Cl)c(OC)c1. The summed E-state index contributed by atoms with van der Waals surface area (Å²) in [5.74, 6) is 1.51. The quantitative estimate of drug-likeness (QED) is 0.821. The molecule has 0 aliphatic rings.